The maximum Gasteiger partial charge on any atom is 0.252 e. The van der Waals surface area contributed by atoms with Crippen LogP contribution in [0.1, 0.15) is 21.5 Å². The van der Waals surface area contributed by atoms with Crippen LogP contribution in [0.5, 0.6) is 5.75 Å². The van der Waals surface area contributed by atoms with Crippen molar-refractivity contribution in [3.63, 3.8) is 0 Å². The number of phenolic OH excluding ortho intramolecular Hbond substituents is 1. The number of para-hydroxylation sites is 1. The van der Waals surface area contributed by atoms with E-state index in [2.05, 4.69) is 20.7 Å². The van der Waals surface area contributed by atoms with E-state index in [-0.39, 0.29) is 28.7 Å². The Balaban J connectivity index is 1.15. The third-order valence-corrected chi connectivity index (χ3v) is 7.36. The van der Waals surface area contributed by atoms with Crippen molar-refractivity contribution >= 4 is 29.5 Å². The largest absolute Gasteiger partial charge is 0.507 e. The van der Waals surface area contributed by atoms with E-state index >= 15 is 0 Å². The normalized spacial score (nSPS) is 11.0. The number of anilines is 1. The molecule has 3 N–H and O–H groups in total. The van der Waals surface area contributed by atoms with E-state index in [1.165, 1.54) is 6.20 Å². The summed E-state index contributed by atoms with van der Waals surface area (Å²) in [5.41, 5.74) is 5.87. The number of aromatic nitrogens is 3. The number of carbonyl (C=O) groups excluding carboxylic acids is 1. The van der Waals surface area contributed by atoms with Gasteiger partial charge in [0.05, 0.1) is 24.0 Å². The first-order valence-electron chi connectivity index (χ1n) is 13.3. The van der Waals surface area contributed by atoms with Gasteiger partial charge in [-0.2, -0.15) is 13.5 Å². The molecule has 0 unspecified atom stereocenters. The van der Waals surface area contributed by atoms with Crippen LogP contribution < -0.4 is 10.6 Å². The summed E-state index contributed by atoms with van der Waals surface area (Å²) in [5, 5.41) is 21.0. The molecule has 0 fully saturated rings. The minimum atomic E-state index is -0.132. The summed E-state index contributed by atoms with van der Waals surface area (Å²) in [6.07, 6.45) is 1.42. The highest BCUT2D eigenvalue weighted by Crippen LogP contribution is 2.32. The van der Waals surface area contributed by atoms with Gasteiger partial charge in [-0.1, -0.05) is 84.9 Å². The smallest absolute Gasteiger partial charge is 0.252 e. The van der Waals surface area contributed by atoms with Gasteiger partial charge in [-0.05, 0) is 40.5 Å². The lowest BCUT2D eigenvalue weighted by molar-refractivity contribution is 0.0951. The van der Waals surface area contributed by atoms with Gasteiger partial charge < -0.3 is 15.7 Å². The summed E-state index contributed by atoms with van der Waals surface area (Å²) in [6.45, 7) is 0.857. The average molecular weight is 576 g/mol. The van der Waals surface area contributed by atoms with Crippen molar-refractivity contribution in [2.75, 3.05) is 5.32 Å². The minimum absolute atomic E-state index is 0.0764. The van der Waals surface area contributed by atoms with Crippen LogP contribution in [-0.4, -0.2) is 25.6 Å². The number of fused-ring (bicyclic) bond motifs is 1. The molecule has 1 amide bonds. The molecule has 0 atom stereocenters. The second-order valence-electron chi connectivity index (χ2n) is 9.63. The lowest BCUT2D eigenvalue weighted by Gasteiger charge is -2.13. The molecule has 9 heteroatoms. The number of amides is 1. The third-order valence-electron chi connectivity index (χ3n) is 6.91. The molecular weight excluding hydrogens is 549 g/mol. The number of nitrogens with one attached hydrogen (secondary N) is 2. The first kappa shape index (κ1) is 27.0. The molecule has 0 saturated heterocycles. The minimum Gasteiger partial charge on any atom is -0.507 e. The molecule has 2 heterocycles. The van der Waals surface area contributed by atoms with Crippen LogP contribution in [0, 0.1) is 0 Å². The van der Waals surface area contributed by atoms with Crippen LogP contribution in [0.3, 0.4) is 0 Å². The van der Waals surface area contributed by atoms with Crippen LogP contribution in [0.4, 0.5) is 9.70 Å². The van der Waals surface area contributed by atoms with Crippen LogP contribution in [0.2, 0.25) is 0 Å². The average Bonchev–Trinajstić information content (AvgIpc) is 3.47. The Bertz CT molecular complexity index is 1860. The van der Waals surface area contributed by atoms with Crippen molar-refractivity contribution in [1.29, 1.82) is 0 Å². The van der Waals surface area contributed by atoms with Gasteiger partial charge in [-0.25, -0.2) is 4.98 Å². The molecule has 0 aliphatic rings. The van der Waals surface area contributed by atoms with Gasteiger partial charge in [0, 0.05) is 30.3 Å². The first-order chi connectivity index (χ1) is 20.6. The first-order valence-corrected chi connectivity index (χ1v) is 14.0. The van der Waals surface area contributed by atoms with Crippen molar-refractivity contribution in [3.8, 4) is 28.1 Å². The Morgan fingerprint density at radius 2 is 1.50 bits per heavy atom. The highest BCUT2D eigenvalue weighted by molar-refractivity contribution is 7.94. The van der Waals surface area contributed by atoms with E-state index in [9.17, 15) is 13.8 Å². The molecule has 7 nitrogen and oxygen atoms in total. The van der Waals surface area contributed by atoms with Crippen molar-refractivity contribution in [3.05, 3.63) is 132 Å². The number of hydrogen-bond donors (Lipinski definition) is 3. The SMILES string of the molecule is O=C(NCc1ccc(CNc2cc(-c3ccccc3O)nc3c(SF)cnn23)cc1)c1ccccc1-c1ccccc1. The highest BCUT2D eigenvalue weighted by atomic mass is 32.2. The molecule has 0 radical (unpaired) electrons. The van der Waals surface area contributed by atoms with Gasteiger partial charge in [0.1, 0.15) is 16.5 Å². The molecule has 4 aromatic carbocycles. The summed E-state index contributed by atoms with van der Waals surface area (Å²) in [7, 11) is 0. The number of hydrogen-bond acceptors (Lipinski definition) is 6. The fraction of sp³-hybridized carbons (Fsp3) is 0.0606. The third kappa shape index (κ3) is 5.68. The zero-order valence-corrected chi connectivity index (χ0v) is 23.2. The van der Waals surface area contributed by atoms with E-state index in [4.69, 9.17) is 0 Å². The molecule has 0 aliphatic heterocycles. The molecule has 0 saturated carbocycles. The number of nitrogens with zero attached hydrogens (tertiary/aromatic N) is 3. The standard InChI is InChI=1S/C33H26FN5O2S/c34-42-30-21-37-39-31(18-28(38-32(30)39)27-12-6-7-13-29(27)40)35-19-22-14-16-23(17-15-22)20-36-33(41)26-11-5-4-10-25(26)24-8-2-1-3-9-24/h1-18,21,35,40H,19-20H2,(H,36,41). The molecule has 0 spiro atoms. The van der Waals surface area contributed by atoms with Crippen molar-refractivity contribution in [2.24, 2.45) is 0 Å². The second kappa shape index (κ2) is 12.2. The van der Waals surface area contributed by atoms with Gasteiger partial charge in [0.2, 0.25) is 0 Å². The zero-order valence-electron chi connectivity index (χ0n) is 22.4. The van der Waals surface area contributed by atoms with E-state index in [1.54, 1.807) is 34.8 Å². The summed E-state index contributed by atoms with van der Waals surface area (Å²) >= 11 is 0.0764. The highest BCUT2D eigenvalue weighted by Gasteiger charge is 2.16. The molecule has 0 bridgehead atoms. The number of carbonyl (C=O) groups is 1. The molecule has 0 aliphatic carbocycles. The van der Waals surface area contributed by atoms with Crippen LogP contribution >= 0.6 is 12.1 Å². The van der Waals surface area contributed by atoms with Gasteiger partial charge >= 0.3 is 0 Å². The molecule has 2 aromatic heterocycles. The second-order valence-corrected chi connectivity index (χ2v) is 10.2. The van der Waals surface area contributed by atoms with Gasteiger partial charge in [-0.3, -0.25) is 4.79 Å². The lowest BCUT2D eigenvalue weighted by Crippen LogP contribution is -2.23. The molecule has 42 heavy (non-hydrogen) atoms. The molecular formula is C33H26FN5O2S. The maximum absolute atomic E-state index is 13.6. The number of halogens is 1. The van der Waals surface area contributed by atoms with Gasteiger partial charge in [0.15, 0.2) is 5.65 Å². The van der Waals surface area contributed by atoms with Crippen molar-refractivity contribution < 1.29 is 13.8 Å². The molecule has 6 rings (SSSR count). The lowest BCUT2D eigenvalue weighted by atomic mass is 9.99. The number of rotatable bonds is 9. The summed E-state index contributed by atoms with van der Waals surface area (Å²) in [6, 6.07) is 34.0. The predicted octanol–water partition coefficient (Wildman–Crippen LogP) is 7.29. The maximum atomic E-state index is 13.6. The van der Waals surface area contributed by atoms with E-state index in [0.717, 1.165) is 22.3 Å². The Kier molecular flexibility index (Phi) is 7.83. The predicted molar refractivity (Wildman–Crippen MR) is 164 cm³/mol. The van der Waals surface area contributed by atoms with E-state index in [1.807, 2.05) is 78.9 Å². The summed E-state index contributed by atoms with van der Waals surface area (Å²) in [4.78, 5) is 17.9. The van der Waals surface area contributed by atoms with Crippen molar-refractivity contribution in [1.82, 2.24) is 19.9 Å². The van der Waals surface area contributed by atoms with Crippen LogP contribution in [0.15, 0.2) is 120 Å². The number of phenols is 1. The Morgan fingerprint density at radius 1 is 0.833 bits per heavy atom. The quantitative estimate of drug-likeness (QED) is 0.168. The molecule has 6 aromatic rings. The Hall–Kier alpha value is -5.15. The van der Waals surface area contributed by atoms with Crippen molar-refractivity contribution in [2.45, 2.75) is 18.0 Å². The number of aromatic hydroxyl groups is 1. The zero-order chi connectivity index (χ0) is 28.9. The van der Waals surface area contributed by atoms with Crippen LogP contribution in [0.25, 0.3) is 28.0 Å². The van der Waals surface area contributed by atoms with Gasteiger partial charge in [0.25, 0.3) is 5.91 Å². The van der Waals surface area contributed by atoms with Crippen LogP contribution in [-0.2, 0) is 13.1 Å². The summed E-state index contributed by atoms with van der Waals surface area (Å²) < 4.78 is 15.1. The Morgan fingerprint density at radius 3 is 2.24 bits per heavy atom. The van der Waals surface area contributed by atoms with E-state index < -0.39 is 0 Å². The topological polar surface area (TPSA) is 91.5 Å². The monoisotopic (exact) mass is 575 g/mol. The Labute approximate surface area is 246 Å². The fourth-order valence-electron chi connectivity index (χ4n) is 4.75. The fourth-order valence-corrected chi connectivity index (χ4v) is 5.04. The number of benzene rings is 4. The van der Waals surface area contributed by atoms with Gasteiger partial charge in [-0.15, -0.1) is 0 Å². The van der Waals surface area contributed by atoms with E-state index in [0.29, 0.717) is 41.4 Å². The molecule has 208 valence electrons. The summed E-state index contributed by atoms with van der Waals surface area (Å²) in [5.74, 6) is 0.555.